The van der Waals surface area contributed by atoms with Crippen molar-refractivity contribution in [2.24, 2.45) is 0 Å². The smallest absolute Gasteiger partial charge is 0.00366 e. The topological polar surface area (TPSA) is 54.1 Å². The molecule has 0 aromatic carbocycles. The molecule has 1 N–H and O–H groups in total. The number of nitrogens with one attached hydrogen (secondary N) is 1. The molecule has 0 atom stereocenters. The van der Waals surface area contributed by atoms with Crippen LogP contribution < -0.4 is 5.34 Å². The third kappa shape index (κ3) is 8.37. The van der Waals surface area contributed by atoms with Gasteiger partial charge >= 0.3 is 0 Å². The fourth-order valence-electron chi connectivity index (χ4n) is 0. The SMILES string of the molecule is Cl.O=[NH+][O-]. The van der Waals surface area contributed by atoms with E-state index in [1.165, 1.54) is 0 Å². The maximum Gasteiger partial charge on any atom is 0.00366 e. The van der Waals surface area contributed by atoms with Crippen LogP contribution in [-0.2, 0) is 0 Å². The van der Waals surface area contributed by atoms with Crippen LogP contribution in [0.15, 0.2) is 0 Å². The number of halogens is 1. The third-order valence-electron chi connectivity index (χ3n) is 0. The zero-order valence-corrected chi connectivity index (χ0v) is 2.54. The summed E-state index contributed by atoms with van der Waals surface area (Å²) in [6, 6.07) is 0. The second-order valence-electron chi connectivity index (χ2n) is 0.0833. The molecule has 0 aliphatic carbocycles. The lowest BCUT2D eigenvalue weighted by atomic mass is 13.4. The lowest BCUT2D eigenvalue weighted by Gasteiger charge is -1.36. The fraction of sp³-hybridized carbons (Fsp3) is 0. The molecular weight excluding hydrogens is 81.5 g/mol. The second kappa shape index (κ2) is 16.1. The molecule has 0 spiro atoms. The summed E-state index contributed by atoms with van der Waals surface area (Å²) in [5.74, 6) is 0. The monoisotopic (exact) mass is 83.0 g/mol. The van der Waals surface area contributed by atoms with Crippen molar-refractivity contribution in [3.8, 4) is 0 Å². The lowest BCUT2D eigenvalue weighted by Crippen LogP contribution is -2.53. The zero-order chi connectivity index (χ0) is 2.71. The van der Waals surface area contributed by atoms with E-state index < -0.39 is 0 Å². The minimum absolute atomic E-state index is 0. The Labute approximate surface area is 29.0 Å². The highest BCUT2D eigenvalue weighted by Crippen LogP contribution is 0.690. The van der Waals surface area contributed by atoms with Gasteiger partial charge in [-0.1, -0.05) is 0 Å². The van der Waals surface area contributed by atoms with Gasteiger partial charge in [0.2, 0.25) is 0 Å². The molecule has 0 heterocycles. The molecule has 0 aliphatic heterocycles. The molecule has 0 bridgehead atoms. The van der Waals surface area contributed by atoms with Gasteiger partial charge in [-0.2, -0.15) is 0 Å². The van der Waals surface area contributed by atoms with E-state index in [0.717, 1.165) is 0 Å². The first-order valence-corrected chi connectivity index (χ1v) is 0.408. The van der Waals surface area contributed by atoms with Crippen molar-refractivity contribution < 1.29 is 5.34 Å². The van der Waals surface area contributed by atoms with E-state index in [0.29, 0.717) is 0 Å². The van der Waals surface area contributed by atoms with Crippen molar-refractivity contribution in [3.63, 3.8) is 0 Å². The van der Waals surface area contributed by atoms with Gasteiger partial charge in [-0.3, -0.25) is 10.1 Å². The minimum Gasteiger partial charge on any atom is -0.267 e. The standard InChI is InChI=1S/ClH.HNO2/c;2-1-3/h1H;1H. The second-order valence-corrected chi connectivity index (χ2v) is 0.0833. The van der Waals surface area contributed by atoms with E-state index in [4.69, 9.17) is 10.1 Å². The molecule has 3 nitrogen and oxygen atoms in total. The number of hydrogen-bond acceptors (Lipinski definition) is 2. The van der Waals surface area contributed by atoms with Crippen molar-refractivity contribution in [1.29, 1.82) is 0 Å². The number of hydrogen-bond donors (Lipinski definition) is 1. The average Bonchev–Trinajstić information content (AvgIpc) is 0.918. The maximum atomic E-state index is 8.12. The molecular formula is H2ClNO2. The first kappa shape index (κ1) is 9.35. The Kier molecular flexibility index (Phi) is 37.7. The van der Waals surface area contributed by atoms with Crippen molar-refractivity contribution in [3.05, 3.63) is 10.1 Å². The van der Waals surface area contributed by atoms with Crippen LogP contribution in [-0.4, -0.2) is 0 Å². The lowest BCUT2D eigenvalue weighted by molar-refractivity contribution is -0.398. The van der Waals surface area contributed by atoms with Crippen LogP contribution in [0.4, 0.5) is 0 Å². The van der Waals surface area contributed by atoms with Crippen LogP contribution in [0.1, 0.15) is 0 Å². The van der Waals surface area contributed by atoms with Crippen LogP contribution >= 0.6 is 12.4 Å². The Morgan fingerprint density at radius 3 is 1.75 bits per heavy atom. The summed E-state index contributed by atoms with van der Waals surface area (Å²) >= 11 is 0. The van der Waals surface area contributed by atoms with Crippen LogP contribution in [0.3, 0.4) is 0 Å². The van der Waals surface area contributed by atoms with E-state index in [9.17, 15) is 0 Å². The van der Waals surface area contributed by atoms with Crippen molar-refractivity contribution in [2.45, 2.75) is 0 Å². The van der Waals surface area contributed by atoms with Gasteiger partial charge in [-0.05, 0) is 0 Å². The molecule has 0 fully saturated rings. The van der Waals surface area contributed by atoms with Gasteiger partial charge in [0.25, 0.3) is 0 Å². The summed E-state index contributed by atoms with van der Waals surface area (Å²) < 4.78 is 0. The summed E-state index contributed by atoms with van der Waals surface area (Å²) in [5.41, 5.74) is 0. The quantitative estimate of drug-likeness (QED) is 0.294. The molecule has 0 rings (SSSR count). The summed E-state index contributed by atoms with van der Waals surface area (Å²) in [6.07, 6.45) is 0. The predicted molar refractivity (Wildman–Crippen MR) is 14.9 cm³/mol. The molecule has 0 saturated carbocycles. The Balaban J connectivity index is 0. The van der Waals surface area contributed by atoms with E-state index in [1.54, 1.807) is 0 Å². The van der Waals surface area contributed by atoms with Crippen LogP contribution in [0, 0.1) is 10.1 Å². The van der Waals surface area contributed by atoms with Crippen molar-refractivity contribution in [1.82, 2.24) is 0 Å². The van der Waals surface area contributed by atoms with Gasteiger partial charge in [0, 0.05) is 5.34 Å². The summed E-state index contributed by atoms with van der Waals surface area (Å²) in [4.78, 5) is 8.12. The molecule has 0 radical (unpaired) electrons. The molecule has 4 heteroatoms. The van der Waals surface area contributed by atoms with Crippen LogP contribution in [0.2, 0.25) is 0 Å². The van der Waals surface area contributed by atoms with Gasteiger partial charge < -0.3 is 0 Å². The third-order valence-corrected chi connectivity index (χ3v) is 0. The number of rotatable bonds is 0. The molecule has 0 aromatic rings. The zero-order valence-electron chi connectivity index (χ0n) is 1.72. The van der Waals surface area contributed by atoms with Crippen molar-refractivity contribution >= 4 is 12.4 Å². The maximum absolute atomic E-state index is 8.12. The first-order chi connectivity index (χ1) is 1.41. The minimum atomic E-state index is 0. The van der Waals surface area contributed by atoms with E-state index in [2.05, 4.69) is 0 Å². The summed E-state index contributed by atoms with van der Waals surface area (Å²) in [7, 11) is 0. The van der Waals surface area contributed by atoms with E-state index in [-0.39, 0.29) is 17.7 Å². The Morgan fingerprint density at radius 1 is 1.75 bits per heavy atom. The average molecular weight is 83.5 g/mol. The highest BCUT2D eigenvalue weighted by molar-refractivity contribution is 5.85. The fourth-order valence-corrected chi connectivity index (χ4v) is 0. The van der Waals surface area contributed by atoms with Gasteiger partial charge in [0.05, 0.1) is 0 Å². The Morgan fingerprint density at radius 2 is 1.75 bits per heavy atom. The highest BCUT2D eigenvalue weighted by atomic mass is 35.5. The molecule has 0 aliphatic rings. The largest absolute Gasteiger partial charge is 0.267 e. The molecule has 0 saturated heterocycles. The highest BCUT2D eigenvalue weighted by Gasteiger charge is 1.10. The van der Waals surface area contributed by atoms with Crippen molar-refractivity contribution in [2.75, 3.05) is 0 Å². The van der Waals surface area contributed by atoms with Crippen LogP contribution in [0.5, 0.6) is 0 Å². The molecule has 0 amide bonds. The van der Waals surface area contributed by atoms with Gasteiger partial charge in [0.15, 0.2) is 0 Å². The van der Waals surface area contributed by atoms with Crippen LogP contribution in [0.25, 0.3) is 0 Å². The van der Waals surface area contributed by atoms with E-state index in [1.807, 2.05) is 0 Å². The molecule has 4 heavy (non-hydrogen) atoms. The molecule has 26 valence electrons. The Hall–Kier alpha value is -0.310. The van der Waals surface area contributed by atoms with Gasteiger partial charge in [-0.25, -0.2) is 0 Å². The van der Waals surface area contributed by atoms with Gasteiger partial charge in [-0.15, -0.1) is 12.4 Å². The predicted octanol–water partition coefficient (Wildman–Crippen LogP) is -1.25. The summed E-state index contributed by atoms with van der Waals surface area (Å²) in [6.45, 7) is 0. The molecule has 0 aromatic heterocycles. The summed E-state index contributed by atoms with van der Waals surface area (Å²) in [5, 5.41) is 8.38. The Bertz CT molecular complexity index is 13.5. The normalized spacial score (nSPS) is 3.00. The first-order valence-electron chi connectivity index (χ1n) is 0.408. The molecule has 0 unspecified atom stereocenters. The van der Waals surface area contributed by atoms with Gasteiger partial charge in [0.1, 0.15) is 0 Å². The van der Waals surface area contributed by atoms with E-state index >= 15 is 0 Å².